The summed E-state index contributed by atoms with van der Waals surface area (Å²) in [5.41, 5.74) is 9.26. The Bertz CT molecular complexity index is 1300. The number of nitrogens with zero attached hydrogens (tertiary/aromatic N) is 1. The molecule has 4 aromatic rings. The number of fused-ring (bicyclic) bond motifs is 1. The second kappa shape index (κ2) is 10.6. The fraction of sp³-hybridized carbons (Fsp3) is 0.222. The van der Waals surface area contributed by atoms with E-state index in [9.17, 15) is 9.18 Å². The molecule has 3 aromatic carbocycles. The molecule has 0 saturated heterocycles. The normalized spacial score (nSPS) is 10.9. The Labute approximate surface area is 199 Å². The van der Waals surface area contributed by atoms with E-state index in [0.717, 1.165) is 11.1 Å². The maximum atomic E-state index is 14.1. The molecular formula is C27H28ClFN2O2. The predicted octanol–water partition coefficient (Wildman–Crippen LogP) is 5.92. The maximum absolute atomic E-state index is 14.1. The monoisotopic (exact) mass is 466 g/mol. The van der Waals surface area contributed by atoms with Gasteiger partial charge in [-0.1, -0.05) is 56.3 Å². The Hall–Kier alpha value is -3.15. The Morgan fingerprint density at radius 3 is 2.39 bits per heavy atom. The number of pyridine rings is 1. The van der Waals surface area contributed by atoms with Crippen LogP contribution in [0.1, 0.15) is 25.1 Å². The van der Waals surface area contributed by atoms with Crippen LogP contribution in [0.25, 0.3) is 21.9 Å². The van der Waals surface area contributed by atoms with E-state index in [2.05, 4.69) is 13.8 Å². The van der Waals surface area contributed by atoms with Crippen LogP contribution >= 0.6 is 12.4 Å². The third-order valence-corrected chi connectivity index (χ3v) is 5.45. The van der Waals surface area contributed by atoms with Gasteiger partial charge >= 0.3 is 0 Å². The molecule has 0 fully saturated rings. The zero-order valence-corrected chi connectivity index (χ0v) is 19.6. The number of hydrogen-bond acceptors (Lipinski definition) is 3. The fourth-order valence-corrected chi connectivity index (χ4v) is 4.04. The number of aromatic nitrogens is 1. The second-order valence-electron chi connectivity index (χ2n) is 8.33. The molecule has 0 atom stereocenters. The van der Waals surface area contributed by atoms with Crippen LogP contribution < -0.4 is 16.0 Å². The molecule has 0 aliphatic heterocycles. The third-order valence-electron chi connectivity index (χ3n) is 5.45. The van der Waals surface area contributed by atoms with Gasteiger partial charge < -0.3 is 15.0 Å². The minimum Gasteiger partial charge on any atom is -0.489 e. The molecule has 4 rings (SSSR count). The van der Waals surface area contributed by atoms with E-state index in [4.69, 9.17) is 10.5 Å². The zero-order valence-electron chi connectivity index (χ0n) is 18.8. The lowest BCUT2D eigenvalue weighted by atomic mass is 9.96. The van der Waals surface area contributed by atoms with Crippen molar-refractivity contribution >= 4 is 23.2 Å². The van der Waals surface area contributed by atoms with Gasteiger partial charge in [0.2, 0.25) is 0 Å². The van der Waals surface area contributed by atoms with Crippen molar-refractivity contribution in [2.75, 3.05) is 0 Å². The lowest BCUT2D eigenvalue weighted by Gasteiger charge is -2.21. The smallest absolute Gasteiger partial charge is 0.258 e. The topological polar surface area (TPSA) is 57.2 Å². The van der Waals surface area contributed by atoms with Crippen LogP contribution in [0.4, 0.5) is 4.39 Å². The molecule has 2 N–H and O–H groups in total. The Balaban J connectivity index is 0.00000306. The largest absolute Gasteiger partial charge is 0.489 e. The van der Waals surface area contributed by atoms with Crippen LogP contribution in [0.5, 0.6) is 5.75 Å². The van der Waals surface area contributed by atoms with Crippen LogP contribution in [-0.2, 0) is 19.7 Å². The van der Waals surface area contributed by atoms with Crippen LogP contribution in [0.3, 0.4) is 0 Å². The molecule has 0 amide bonds. The first-order chi connectivity index (χ1) is 15.5. The fourth-order valence-electron chi connectivity index (χ4n) is 4.04. The molecule has 0 unspecified atom stereocenters. The summed E-state index contributed by atoms with van der Waals surface area (Å²) in [7, 11) is 0. The molecule has 33 heavy (non-hydrogen) atoms. The lowest BCUT2D eigenvalue weighted by molar-refractivity contribution is 0.306. The number of halogens is 2. The van der Waals surface area contributed by atoms with Gasteiger partial charge in [0.15, 0.2) is 0 Å². The first-order valence-electron chi connectivity index (χ1n) is 10.8. The van der Waals surface area contributed by atoms with Gasteiger partial charge in [-0.2, -0.15) is 0 Å². The van der Waals surface area contributed by atoms with Gasteiger partial charge in [0, 0.05) is 35.1 Å². The van der Waals surface area contributed by atoms with Gasteiger partial charge in [0.05, 0.1) is 0 Å². The molecule has 172 valence electrons. The lowest BCUT2D eigenvalue weighted by Crippen LogP contribution is -2.28. The highest BCUT2D eigenvalue weighted by atomic mass is 35.5. The summed E-state index contributed by atoms with van der Waals surface area (Å²) in [6.45, 7) is 5.23. The quantitative estimate of drug-likeness (QED) is 0.367. The molecule has 0 aliphatic carbocycles. The van der Waals surface area contributed by atoms with Gasteiger partial charge in [0.25, 0.3) is 5.56 Å². The van der Waals surface area contributed by atoms with Gasteiger partial charge in [-0.25, -0.2) is 4.39 Å². The summed E-state index contributed by atoms with van der Waals surface area (Å²) in [5, 5.41) is 1.28. The Kier molecular flexibility index (Phi) is 7.90. The van der Waals surface area contributed by atoms with Gasteiger partial charge in [-0.05, 0) is 47.4 Å². The highest BCUT2D eigenvalue weighted by molar-refractivity contribution is 5.98. The third kappa shape index (κ3) is 5.27. The van der Waals surface area contributed by atoms with Crippen molar-refractivity contribution in [3.8, 4) is 16.9 Å². The van der Waals surface area contributed by atoms with Crippen LogP contribution in [0, 0.1) is 11.7 Å². The molecule has 0 aliphatic rings. The Morgan fingerprint density at radius 1 is 0.970 bits per heavy atom. The van der Waals surface area contributed by atoms with E-state index in [-0.39, 0.29) is 36.2 Å². The summed E-state index contributed by atoms with van der Waals surface area (Å²) in [5.74, 6) is 0.559. The first kappa shape index (κ1) is 24.5. The highest BCUT2D eigenvalue weighted by Crippen LogP contribution is 2.33. The van der Waals surface area contributed by atoms with Crippen LogP contribution in [0.2, 0.25) is 0 Å². The molecule has 0 radical (unpaired) electrons. The van der Waals surface area contributed by atoms with Crippen molar-refractivity contribution in [3.05, 3.63) is 100 Å². The van der Waals surface area contributed by atoms with Crippen LogP contribution in [-0.4, -0.2) is 4.57 Å². The molecule has 4 nitrogen and oxygen atoms in total. The molecule has 1 aromatic heterocycles. The minimum atomic E-state index is -0.336. The van der Waals surface area contributed by atoms with E-state index in [1.165, 1.54) is 12.1 Å². The van der Waals surface area contributed by atoms with Crippen molar-refractivity contribution in [1.29, 1.82) is 0 Å². The van der Waals surface area contributed by atoms with Gasteiger partial charge in [0.1, 0.15) is 18.2 Å². The van der Waals surface area contributed by atoms with Gasteiger partial charge in [-0.3, -0.25) is 4.79 Å². The van der Waals surface area contributed by atoms with Crippen molar-refractivity contribution in [2.45, 2.75) is 33.5 Å². The number of nitrogens with two attached hydrogens (primary N) is 1. The molecular weight excluding hydrogens is 439 g/mol. The standard InChI is InChI=1S/C27H27FN2O2.ClH/c1-18(2)16-30-25(15-29)26(20-9-6-10-21(28)13-20)24-14-22(11-12-23(24)27(30)31)32-17-19-7-4-3-5-8-19;/h3-14,18H,15-17,29H2,1-2H3;1H. The maximum Gasteiger partial charge on any atom is 0.258 e. The van der Waals surface area contributed by atoms with Crippen molar-refractivity contribution < 1.29 is 9.13 Å². The molecule has 1 heterocycles. The van der Waals surface area contributed by atoms with E-state index in [0.29, 0.717) is 40.9 Å². The number of ether oxygens (including phenoxy) is 1. The van der Waals surface area contributed by atoms with E-state index >= 15 is 0 Å². The van der Waals surface area contributed by atoms with Crippen LogP contribution in [0.15, 0.2) is 77.6 Å². The van der Waals surface area contributed by atoms with Gasteiger partial charge in [-0.15, -0.1) is 12.4 Å². The van der Waals surface area contributed by atoms with Crippen molar-refractivity contribution in [3.63, 3.8) is 0 Å². The summed E-state index contributed by atoms with van der Waals surface area (Å²) < 4.78 is 21.9. The summed E-state index contributed by atoms with van der Waals surface area (Å²) in [4.78, 5) is 13.4. The highest BCUT2D eigenvalue weighted by Gasteiger charge is 2.19. The van der Waals surface area contributed by atoms with Crippen molar-refractivity contribution in [2.24, 2.45) is 11.7 Å². The van der Waals surface area contributed by atoms with Crippen molar-refractivity contribution in [1.82, 2.24) is 4.57 Å². The molecule has 0 spiro atoms. The second-order valence-corrected chi connectivity index (χ2v) is 8.33. The molecule has 0 bridgehead atoms. The summed E-state index contributed by atoms with van der Waals surface area (Å²) >= 11 is 0. The zero-order chi connectivity index (χ0) is 22.7. The first-order valence-corrected chi connectivity index (χ1v) is 10.8. The van der Waals surface area contributed by atoms with E-state index < -0.39 is 0 Å². The average molecular weight is 467 g/mol. The number of rotatable bonds is 7. The minimum absolute atomic E-state index is 0. The number of hydrogen-bond donors (Lipinski definition) is 1. The summed E-state index contributed by atoms with van der Waals surface area (Å²) in [6.07, 6.45) is 0. The Morgan fingerprint density at radius 2 is 1.73 bits per heavy atom. The average Bonchev–Trinajstić information content (AvgIpc) is 2.79. The molecule has 6 heteroatoms. The number of benzene rings is 3. The predicted molar refractivity (Wildman–Crippen MR) is 134 cm³/mol. The SMILES string of the molecule is CC(C)Cn1c(CN)c(-c2cccc(F)c2)c2cc(OCc3ccccc3)ccc2c1=O.Cl. The van der Waals surface area contributed by atoms with E-state index in [1.54, 1.807) is 16.7 Å². The summed E-state index contributed by atoms with van der Waals surface area (Å²) in [6, 6.07) is 21.7. The van der Waals surface area contributed by atoms with E-state index in [1.807, 2.05) is 48.5 Å². The molecule has 0 saturated carbocycles.